The quantitative estimate of drug-likeness (QED) is 0.601. The van der Waals surface area contributed by atoms with Crippen LogP contribution in [0, 0.1) is 0 Å². The Bertz CT molecular complexity index is 581. The fourth-order valence-corrected chi connectivity index (χ4v) is 3.27. The van der Waals surface area contributed by atoms with Crippen molar-refractivity contribution < 1.29 is 4.79 Å². The van der Waals surface area contributed by atoms with Crippen molar-refractivity contribution >= 4 is 29.0 Å². The largest absolute Gasteiger partial charge is 0.353 e. The molecule has 3 N–H and O–H groups in total. The topological polar surface area (TPSA) is 85.8 Å². The van der Waals surface area contributed by atoms with Gasteiger partial charge in [-0.1, -0.05) is 31.2 Å². The Balaban J connectivity index is 1.91. The smallest absolute Gasteiger partial charge is 0.230 e. The van der Waals surface area contributed by atoms with Crippen LogP contribution in [-0.2, 0) is 4.79 Å². The minimum Gasteiger partial charge on any atom is -0.353 e. The van der Waals surface area contributed by atoms with E-state index in [1.165, 1.54) is 16.4 Å². The van der Waals surface area contributed by atoms with Crippen molar-refractivity contribution in [1.82, 2.24) is 20.2 Å². The molecule has 0 bridgehead atoms. The fourth-order valence-electron chi connectivity index (χ4n) is 1.90. The second-order valence-electron chi connectivity index (χ2n) is 4.70. The number of hydrogen-bond acceptors (Lipinski definition) is 6. The molecular weight excluding hydrogens is 306 g/mol. The highest BCUT2D eigenvalue weighted by molar-refractivity contribution is 7.99. The van der Waals surface area contributed by atoms with E-state index in [9.17, 15) is 4.79 Å². The molecule has 2 aromatic rings. The third-order valence-electron chi connectivity index (χ3n) is 2.87. The van der Waals surface area contributed by atoms with Gasteiger partial charge in [0.05, 0.1) is 10.6 Å². The van der Waals surface area contributed by atoms with Gasteiger partial charge in [0.1, 0.15) is 0 Å². The summed E-state index contributed by atoms with van der Waals surface area (Å²) < 4.78 is 1.43. The zero-order chi connectivity index (χ0) is 15.2. The van der Waals surface area contributed by atoms with Crippen molar-refractivity contribution in [2.24, 2.45) is 0 Å². The molecule has 0 spiro atoms. The third-order valence-corrected chi connectivity index (χ3v) is 4.68. The highest BCUT2D eigenvalue weighted by Gasteiger charge is 2.14. The SMILES string of the molecule is CCC[C@H](C)NC(=O)CSc1nnc(-c2cccs2)n1N. The lowest BCUT2D eigenvalue weighted by molar-refractivity contribution is -0.119. The van der Waals surface area contributed by atoms with Crippen LogP contribution in [0.1, 0.15) is 26.7 Å². The minimum atomic E-state index is -0.0124. The van der Waals surface area contributed by atoms with Crippen LogP contribution in [-0.4, -0.2) is 32.6 Å². The summed E-state index contributed by atoms with van der Waals surface area (Å²) in [5, 5.41) is 13.6. The van der Waals surface area contributed by atoms with Gasteiger partial charge < -0.3 is 11.2 Å². The normalized spacial score (nSPS) is 12.3. The molecule has 0 fully saturated rings. The van der Waals surface area contributed by atoms with Gasteiger partial charge in [0.15, 0.2) is 5.82 Å². The monoisotopic (exact) mass is 325 g/mol. The van der Waals surface area contributed by atoms with Crippen molar-refractivity contribution in [2.75, 3.05) is 11.6 Å². The van der Waals surface area contributed by atoms with Gasteiger partial charge in [-0.05, 0) is 24.8 Å². The van der Waals surface area contributed by atoms with Gasteiger partial charge in [-0.3, -0.25) is 4.79 Å². The van der Waals surface area contributed by atoms with E-state index in [2.05, 4.69) is 22.4 Å². The molecular formula is C13H19N5OS2. The molecule has 0 aliphatic carbocycles. The van der Waals surface area contributed by atoms with Gasteiger partial charge in [-0.2, -0.15) is 0 Å². The molecule has 0 unspecified atom stereocenters. The third kappa shape index (κ3) is 4.21. The Morgan fingerprint density at radius 3 is 3.05 bits per heavy atom. The Kier molecular flexibility index (Phi) is 5.63. The standard InChI is InChI=1S/C13H19N5OS2/c1-3-5-9(2)15-11(19)8-21-13-17-16-12(18(13)14)10-6-4-7-20-10/h4,6-7,9H,3,5,8,14H2,1-2H3,(H,15,19)/t9-/m0/s1. The maximum Gasteiger partial charge on any atom is 0.230 e. The zero-order valence-corrected chi connectivity index (χ0v) is 13.7. The molecule has 0 aliphatic rings. The highest BCUT2D eigenvalue weighted by atomic mass is 32.2. The predicted molar refractivity (Wildman–Crippen MR) is 86.7 cm³/mol. The number of hydrogen-bond donors (Lipinski definition) is 2. The second-order valence-corrected chi connectivity index (χ2v) is 6.59. The molecule has 114 valence electrons. The minimum absolute atomic E-state index is 0.0124. The van der Waals surface area contributed by atoms with Crippen LogP contribution in [0.25, 0.3) is 10.7 Å². The van der Waals surface area contributed by atoms with Crippen LogP contribution >= 0.6 is 23.1 Å². The molecule has 8 heteroatoms. The Morgan fingerprint density at radius 1 is 1.57 bits per heavy atom. The number of aromatic nitrogens is 3. The summed E-state index contributed by atoms with van der Waals surface area (Å²) in [5.41, 5.74) is 0. The summed E-state index contributed by atoms with van der Waals surface area (Å²) >= 11 is 2.84. The Labute approximate surface area is 132 Å². The van der Waals surface area contributed by atoms with Crippen molar-refractivity contribution in [3.8, 4) is 10.7 Å². The lowest BCUT2D eigenvalue weighted by atomic mass is 10.2. The number of nitrogens with two attached hydrogens (primary N) is 1. The van der Waals surface area contributed by atoms with E-state index in [1.54, 1.807) is 11.3 Å². The molecule has 1 atom stereocenters. The molecule has 2 aromatic heterocycles. The fraction of sp³-hybridized carbons (Fsp3) is 0.462. The first kappa shape index (κ1) is 15.8. The van der Waals surface area contributed by atoms with E-state index in [4.69, 9.17) is 5.84 Å². The summed E-state index contributed by atoms with van der Waals surface area (Å²) in [4.78, 5) is 12.8. The van der Waals surface area contributed by atoms with Gasteiger partial charge in [0.25, 0.3) is 0 Å². The van der Waals surface area contributed by atoms with Crippen molar-refractivity contribution in [3.63, 3.8) is 0 Å². The van der Waals surface area contributed by atoms with Crippen LogP contribution in [0.2, 0.25) is 0 Å². The van der Waals surface area contributed by atoms with E-state index in [1.807, 2.05) is 24.4 Å². The zero-order valence-electron chi connectivity index (χ0n) is 12.1. The van der Waals surface area contributed by atoms with Gasteiger partial charge in [-0.25, -0.2) is 4.68 Å². The molecule has 21 heavy (non-hydrogen) atoms. The summed E-state index contributed by atoms with van der Waals surface area (Å²) in [7, 11) is 0. The van der Waals surface area contributed by atoms with Crippen LogP contribution in [0.5, 0.6) is 0 Å². The maximum atomic E-state index is 11.8. The lowest BCUT2D eigenvalue weighted by Gasteiger charge is -2.12. The van der Waals surface area contributed by atoms with Gasteiger partial charge in [0, 0.05) is 6.04 Å². The number of carbonyl (C=O) groups is 1. The average molecular weight is 325 g/mol. The number of nitrogens with zero attached hydrogens (tertiary/aromatic N) is 3. The van der Waals surface area contributed by atoms with Gasteiger partial charge in [0.2, 0.25) is 11.1 Å². The number of nitrogen functional groups attached to an aromatic ring is 1. The van der Waals surface area contributed by atoms with Crippen molar-refractivity contribution in [3.05, 3.63) is 17.5 Å². The van der Waals surface area contributed by atoms with Crippen LogP contribution in [0.4, 0.5) is 0 Å². The van der Waals surface area contributed by atoms with E-state index < -0.39 is 0 Å². The first-order valence-electron chi connectivity index (χ1n) is 6.78. The average Bonchev–Trinajstić information content (AvgIpc) is 3.06. The van der Waals surface area contributed by atoms with Crippen LogP contribution < -0.4 is 11.2 Å². The Hall–Kier alpha value is -1.54. The molecule has 2 rings (SSSR count). The Morgan fingerprint density at radius 2 is 2.38 bits per heavy atom. The van der Waals surface area contributed by atoms with E-state index >= 15 is 0 Å². The molecule has 0 radical (unpaired) electrons. The second kappa shape index (κ2) is 7.46. The van der Waals surface area contributed by atoms with Crippen molar-refractivity contribution in [2.45, 2.75) is 37.9 Å². The van der Waals surface area contributed by atoms with Gasteiger partial charge in [-0.15, -0.1) is 21.5 Å². The van der Waals surface area contributed by atoms with E-state index in [-0.39, 0.29) is 17.7 Å². The summed E-state index contributed by atoms with van der Waals surface area (Å²) in [5.74, 6) is 6.87. The van der Waals surface area contributed by atoms with Gasteiger partial charge >= 0.3 is 0 Å². The summed E-state index contributed by atoms with van der Waals surface area (Å²) in [6.07, 6.45) is 2.03. The molecule has 0 saturated carbocycles. The first-order valence-corrected chi connectivity index (χ1v) is 8.64. The summed E-state index contributed by atoms with van der Waals surface area (Å²) in [6, 6.07) is 4.07. The molecule has 6 nitrogen and oxygen atoms in total. The molecule has 2 heterocycles. The maximum absolute atomic E-state index is 11.8. The molecule has 1 amide bonds. The summed E-state index contributed by atoms with van der Waals surface area (Å²) in [6.45, 7) is 4.10. The number of nitrogens with one attached hydrogen (secondary N) is 1. The number of thioether (sulfide) groups is 1. The van der Waals surface area contributed by atoms with Crippen LogP contribution in [0.15, 0.2) is 22.7 Å². The highest BCUT2D eigenvalue weighted by Crippen LogP contribution is 2.24. The molecule has 0 aromatic carbocycles. The number of amides is 1. The molecule has 0 aliphatic heterocycles. The van der Waals surface area contributed by atoms with Crippen molar-refractivity contribution in [1.29, 1.82) is 0 Å². The predicted octanol–water partition coefficient (Wildman–Crippen LogP) is 2.12. The van der Waals surface area contributed by atoms with E-state index in [0.717, 1.165) is 17.7 Å². The number of thiophene rings is 1. The lowest BCUT2D eigenvalue weighted by Crippen LogP contribution is -2.33. The number of rotatable bonds is 7. The van der Waals surface area contributed by atoms with E-state index in [0.29, 0.717) is 11.0 Å². The van der Waals surface area contributed by atoms with Crippen LogP contribution in [0.3, 0.4) is 0 Å². The number of carbonyl (C=O) groups excluding carboxylic acids is 1. The molecule has 0 saturated heterocycles. The first-order chi connectivity index (χ1) is 10.1.